The van der Waals surface area contributed by atoms with Gasteiger partial charge in [0.2, 0.25) is 0 Å². The number of nitrogens with zero attached hydrogens (tertiary/aromatic N) is 2. The fraction of sp³-hybridized carbons (Fsp3) is 0.263. The molecule has 136 valence electrons. The van der Waals surface area contributed by atoms with Crippen LogP contribution in [0.25, 0.3) is 10.9 Å². The summed E-state index contributed by atoms with van der Waals surface area (Å²) in [5.41, 5.74) is 0.734. The second kappa shape index (κ2) is 8.35. The van der Waals surface area contributed by atoms with Gasteiger partial charge in [-0.1, -0.05) is 0 Å². The molecular weight excluding hydrogens is 334 g/mol. The van der Waals surface area contributed by atoms with E-state index in [0.29, 0.717) is 37.1 Å². The molecule has 3 aromatic rings. The van der Waals surface area contributed by atoms with Crippen LogP contribution in [-0.4, -0.2) is 42.5 Å². The van der Waals surface area contributed by atoms with Gasteiger partial charge >= 0.3 is 6.03 Å². The fourth-order valence-corrected chi connectivity index (χ4v) is 2.52. The first kappa shape index (κ1) is 17.8. The van der Waals surface area contributed by atoms with Crippen molar-refractivity contribution >= 4 is 16.9 Å². The molecule has 0 saturated carbocycles. The lowest BCUT2D eigenvalue weighted by atomic mass is 10.2. The summed E-state index contributed by atoms with van der Waals surface area (Å²) in [7, 11) is 1.59. The van der Waals surface area contributed by atoms with E-state index in [1.807, 2.05) is 19.1 Å². The van der Waals surface area contributed by atoms with Crippen molar-refractivity contribution in [2.45, 2.75) is 6.92 Å². The average molecular weight is 355 g/mol. The largest absolute Gasteiger partial charge is 0.487 e. The van der Waals surface area contributed by atoms with E-state index in [-0.39, 0.29) is 6.03 Å². The maximum absolute atomic E-state index is 12.0. The van der Waals surface area contributed by atoms with Gasteiger partial charge in [-0.25, -0.2) is 4.79 Å². The van der Waals surface area contributed by atoms with Crippen LogP contribution in [0.5, 0.6) is 17.2 Å². The Bertz CT molecular complexity index is 877. The average Bonchev–Trinajstić information content (AvgIpc) is 3.08. The van der Waals surface area contributed by atoms with Crippen LogP contribution in [-0.2, 0) is 4.74 Å². The second-order valence-corrected chi connectivity index (χ2v) is 5.43. The molecule has 0 bridgehead atoms. The van der Waals surface area contributed by atoms with Gasteiger partial charge < -0.3 is 19.5 Å². The van der Waals surface area contributed by atoms with Crippen LogP contribution in [0.2, 0.25) is 0 Å². The number of ether oxygens (including phenoxy) is 3. The molecule has 0 aliphatic carbocycles. The molecule has 1 N–H and O–H groups in total. The van der Waals surface area contributed by atoms with Gasteiger partial charge in [0.15, 0.2) is 11.5 Å². The Hall–Kier alpha value is -3.06. The van der Waals surface area contributed by atoms with Crippen molar-refractivity contribution in [1.82, 2.24) is 14.9 Å². The number of hydrogen-bond donors (Lipinski definition) is 1. The molecule has 26 heavy (non-hydrogen) atoms. The first-order valence-electron chi connectivity index (χ1n) is 8.38. The number of rotatable bonds is 7. The highest BCUT2D eigenvalue weighted by molar-refractivity contribution is 5.93. The fourth-order valence-electron chi connectivity index (χ4n) is 2.52. The van der Waals surface area contributed by atoms with Crippen LogP contribution in [0, 0.1) is 0 Å². The van der Waals surface area contributed by atoms with E-state index in [1.54, 1.807) is 43.8 Å². The molecule has 0 atom stereocenters. The van der Waals surface area contributed by atoms with Crippen LogP contribution in [0.15, 0.2) is 48.9 Å². The SMILES string of the molecule is CCOCCOc1cc2c(ccn2C(=O)NC)cc1Oc1ccncc1. The van der Waals surface area contributed by atoms with Crippen molar-refractivity contribution in [3.8, 4) is 17.2 Å². The molecule has 2 aromatic heterocycles. The molecule has 0 saturated heterocycles. The number of aromatic nitrogens is 2. The van der Waals surface area contributed by atoms with E-state index in [0.717, 1.165) is 10.9 Å². The number of carbonyl (C=O) groups excluding carboxylic acids is 1. The van der Waals surface area contributed by atoms with Gasteiger partial charge in [-0.2, -0.15) is 0 Å². The lowest BCUT2D eigenvalue weighted by molar-refractivity contribution is 0.109. The lowest BCUT2D eigenvalue weighted by Crippen LogP contribution is -2.23. The molecule has 0 unspecified atom stereocenters. The first-order chi connectivity index (χ1) is 12.7. The monoisotopic (exact) mass is 355 g/mol. The Balaban J connectivity index is 1.96. The summed E-state index contributed by atoms with van der Waals surface area (Å²) in [4.78, 5) is 16.0. The molecule has 0 aliphatic rings. The molecule has 1 amide bonds. The minimum absolute atomic E-state index is 0.219. The zero-order chi connectivity index (χ0) is 18.4. The van der Waals surface area contributed by atoms with Crippen molar-refractivity contribution in [1.29, 1.82) is 0 Å². The molecule has 7 heteroatoms. The van der Waals surface area contributed by atoms with E-state index in [4.69, 9.17) is 14.2 Å². The summed E-state index contributed by atoms with van der Waals surface area (Å²) in [6, 6.07) is 8.82. The molecule has 0 fully saturated rings. The molecular formula is C19H21N3O4. The smallest absolute Gasteiger partial charge is 0.325 e. The Morgan fingerprint density at radius 1 is 1.15 bits per heavy atom. The Morgan fingerprint density at radius 3 is 2.69 bits per heavy atom. The molecule has 0 radical (unpaired) electrons. The van der Waals surface area contributed by atoms with E-state index >= 15 is 0 Å². The van der Waals surface area contributed by atoms with Crippen molar-refractivity contribution < 1.29 is 19.0 Å². The van der Waals surface area contributed by atoms with Crippen molar-refractivity contribution in [3.63, 3.8) is 0 Å². The number of carbonyl (C=O) groups is 1. The molecule has 1 aromatic carbocycles. The number of hydrogen-bond acceptors (Lipinski definition) is 5. The van der Waals surface area contributed by atoms with Gasteiger partial charge in [0.1, 0.15) is 12.4 Å². The quantitative estimate of drug-likeness (QED) is 0.657. The topological polar surface area (TPSA) is 74.6 Å². The van der Waals surface area contributed by atoms with Gasteiger partial charge in [0.05, 0.1) is 12.1 Å². The van der Waals surface area contributed by atoms with Crippen molar-refractivity contribution in [2.24, 2.45) is 0 Å². The lowest BCUT2D eigenvalue weighted by Gasteiger charge is -2.14. The van der Waals surface area contributed by atoms with E-state index in [2.05, 4.69) is 10.3 Å². The normalized spacial score (nSPS) is 10.7. The summed E-state index contributed by atoms with van der Waals surface area (Å²) in [5.74, 6) is 1.76. The molecule has 3 rings (SSSR count). The number of amides is 1. The van der Waals surface area contributed by atoms with Gasteiger partial charge in [-0.05, 0) is 31.2 Å². The first-order valence-corrected chi connectivity index (χ1v) is 8.38. The third kappa shape index (κ3) is 3.94. The predicted molar refractivity (Wildman–Crippen MR) is 98.1 cm³/mol. The second-order valence-electron chi connectivity index (χ2n) is 5.43. The third-order valence-corrected chi connectivity index (χ3v) is 3.76. The summed E-state index contributed by atoms with van der Waals surface area (Å²) in [6.45, 7) is 3.41. The minimum atomic E-state index is -0.219. The Kier molecular flexibility index (Phi) is 5.70. The van der Waals surface area contributed by atoms with Gasteiger partial charge in [0.25, 0.3) is 0 Å². The van der Waals surface area contributed by atoms with Crippen molar-refractivity contribution in [3.05, 3.63) is 48.9 Å². The van der Waals surface area contributed by atoms with Gasteiger partial charge in [0, 0.05) is 43.7 Å². The maximum atomic E-state index is 12.0. The number of nitrogens with one attached hydrogen (secondary N) is 1. The Morgan fingerprint density at radius 2 is 1.96 bits per heavy atom. The maximum Gasteiger partial charge on any atom is 0.325 e. The summed E-state index contributed by atoms with van der Waals surface area (Å²) >= 11 is 0. The van der Waals surface area contributed by atoms with Crippen molar-refractivity contribution in [2.75, 3.05) is 26.9 Å². The highest BCUT2D eigenvalue weighted by Crippen LogP contribution is 2.36. The van der Waals surface area contributed by atoms with E-state index in [1.165, 1.54) is 4.57 Å². The van der Waals surface area contributed by atoms with Gasteiger partial charge in [-0.15, -0.1) is 0 Å². The molecule has 7 nitrogen and oxygen atoms in total. The zero-order valence-corrected chi connectivity index (χ0v) is 14.8. The highest BCUT2D eigenvalue weighted by atomic mass is 16.5. The predicted octanol–water partition coefficient (Wildman–Crippen LogP) is 3.43. The van der Waals surface area contributed by atoms with Crippen LogP contribution < -0.4 is 14.8 Å². The number of pyridine rings is 1. The number of benzene rings is 1. The summed E-state index contributed by atoms with van der Waals surface area (Å²) in [6.07, 6.45) is 5.03. The molecule has 2 heterocycles. The minimum Gasteiger partial charge on any atom is -0.487 e. The standard InChI is InChI=1S/C19H21N3O4/c1-3-24-10-11-25-17-13-16-14(6-9-22(16)19(23)20-2)12-18(17)26-15-4-7-21-8-5-15/h4-9,12-13H,3,10-11H2,1-2H3,(H,20,23). The number of fused-ring (bicyclic) bond motifs is 1. The summed E-state index contributed by atoms with van der Waals surface area (Å²) in [5, 5.41) is 3.49. The highest BCUT2D eigenvalue weighted by Gasteiger charge is 2.14. The third-order valence-electron chi connectivity index (χ3n) is 3.76. The van der Waals surface area contributed by atoms with Crippen LogP contribution >= 0.6 is 0 Å². The molecule has 0 spiro atoms. The van der Waals surface area contributed by atoms with Crippen LogP contribution in [0.1, 0.15) is 6.92 Å². The Labute approximate surface area is 151 Å². The van der Waals surface area contributed by atoms with E-state index < -0.39 is 0 Å². The summed E-state index contributed by atoms with van der Waals surface area (Å²) < 4.78 is 18.7. The van der Waals surface area contributed by atoms with Crippen LogP contribution in [0.4, 0.5) is 4.79 Å². The van der Waals surface area contributed by atoms with Crippen LogP contribution in [0.3, 0.4) is 0 Å². The van der Waals surface area contributed by atoms with E-state index in [9.17, 15) is 4.79 Å². The molecule has 0 aliphatic heterocycles. The zero-order valence-electron chi connectivity index (χ0n) is 14.8. The van der Waals surface area contributed by atoms with Gasteiger partial charge in [-0.3, -0.25) is 9.55 Å².